The summed E-state index contributed by atoms with van der Waals surface area (Å²) in [4.78, 5) is 26.1. The summed E-state index contributed by atoms with van der Waals surface area (Å²) < 4.78 is 7.68. The Morgan fingerprint density at radius 1 is 1.38 bits per heavy atom. The molecule has 2 aromatic rings. The second kappa shape index (κ2) is 6.01. The van der Waals surface area contributed by atoms with Crippen molar-refractivity contribution < 1.29 is 4.74 Å². The molecule has 0 amide bonds. The summed E-state index contributed by atoms with van der Waals surface area (Å²) in [6.07, 6.45) is 4.13. The molecule has 3 rings (SSSR count). The van der Waals surface area contributed by atoms with Crippen LogP contribution in [-0.4, -0.2) is 31.1 Å². The van der Waals surface area contributed by atoms with Gasteiger partial charge in [-0.15, -0.1) is 0 Å². The third-order valence-electron chi connectivity index (χ3n) is 4.68. The molecule has 0 spiro atoms. The van der Waals surface area contributed by atoms with Gasteiger partial charge in [0.1, 0.15) is 6.23 Å². The van der Waals surface area contributed by atoms with Crippen LogP contribution in [0.3, 0.4) is 0 Å². The molecule has 0 unspecified atom stereocenters. The normalized spacial score (nSPS) is 24.4. The van der Waals surface area contributed by atoms with Gasteiger partial charge in [0, 0.05) is 18.2 Å². The van der Waals surface area contributed by atoms with Crippen molar-refractivity contribution in [2.24, 2.45) is 11.3 Å². The minimum absolute atomic E-state index is 0.0179. The zero-order valence-electron chi connectivity index (χ0n) is 14.4. The molecule has 2 N–H and O–H groups in total. The number of ether oxygens (including phenoxy) is 1. The van der Waals surface area contributed by atoms with E-state index in [0.29, 0.717) is 18.4 Å². The number of rotatable bonds is 3. The summed E-state index contributed by atoms with van der Waals surface area (Å²) in [5.41, 5.74) is 0.542. The predicted molar refractivity (Wildman–Crippen MR) is 87.6 cm³/mol. The van der Waals surface area contributed by atoms with E-state index in [2.05, 4.69) is 41.2 Å². The molecule has 0 aliphatic carbocycles. The Balaban J connectivity index is 1.91. The molecule has 130 valence electrons. The number of hydrogen-bond acceptors (Lipinski definition) is 5. The first-order valence-corrected chi connectivity index (χ1v) is 8.08. The van der Waals surface area contributed by atoms with Gasteiger partial charge in [0.25, 0.3) is 5.56 Å². The second-order valence-corrected chi connectivity index (χ2v) is 7.48. The first kappa shape index (κ1) is 16.6. The average Bonchev–Trinajstić information content (AvgIpc) is 3.12. The average molecular weight is 333 g/mol. The highest BCUT2D eigenvalue weighted by Gasteiger charge is 2.43. The van der Waals surface area contributed by atoms with Crippen LogP contribution in [0, 0.1) is 18.3 Å². The molecule has 0 aromatic carbocycles. The summed E-state index contributed by atoms with van der Waals surface area (Å²) in [7, 11) is 0. The van der Waals surface area contributed by atoms with E-state index in [1.165, 1.54) is 4.57 Å². The van der Waals surface area contributed by atoms with Gasteiger partial charge in [0.2, 0.25) is 0 Å². The number of H-pyrrole nitrogens is 2. The maximum absolute atomic E-state index is 12.2. The Bertz CT molecular complexity index is 815. The minimum atomic E-state index is -0.439. The van der Waals surface area contributed by atoms with Gasteiger partial charge in [0.05, 0.1) is 18.0 Å². The number of hydrogen-bond donors (Lipinski definition) is 2. The molecule has 0 saturated carbocycles. The molecule has 1 aliphatic heterocycles. The Hall–Kier alpha value is -2.22. The van der Waals surface area contributed by atoms with Crippen LogP contribution in [0.5, 0.6) is 0 Å². The zero-order valence-corrected chi connectivity index (χ0v) is 14.4. The fourth-order valence-corrected chi connectivity index (χ4v) is 3.33. The van der Waals surface area contributed by atoms with Gasteiger partial charge in [0.15, 0.2) is 0 Å². The Labute approximate surface area is 139 Å². The van der Waals surface area contributed by atoms with E-state index in [4.69, 9.17) is 4.74 Å². The third-order valence-corrected chi connectivity index (χ3v) is 4.68. The van der Waals surface area contributed by atoms with Crippen molar-refractivity contribution in [3.05, 3.63) is 44.5 Å². The van der Waals surface area contributed by atoms with Crippen LogP contribution in [0.1, 0.15) is 44.7 Å². The summed E-state index contributed by atoms with van der Waals surface area (Å²) in [5, 5.41) is 10.6. The predicted octanol–water partition coefficient (Wildman–Crippen LogP) is 1.16. The largest absolute Gasteiger partial charge is 0.354 e. The van der Waals surface area contributed by atoms with Crippen LogP contribution in [0.25, 0.3) is 0 Å². The molecule has 2 aromatic heterocycles. The van der Waals surface area contributed by atoms with E-state index >= 15 is 0 Å². The molecule has 0 bridgehead atoms. The van der Waals surface area contributed by atoms with Crippen LogP contribution in [0.2, 0.25) is 0 Å². The summed E-state index contributed by atoms with van der Waals surface area (Å²) in [6, 6.07) is 0. The van der Waals surface area contributed by atoms with Gasteiger partial charge in [-0.1, -0.05) is 20.8 Å². The van der Waals surface area contributed by atoms with E-state index in [9.17, 15) is 9.59 Å². The number of aromatic nitrogens is 5. The summed E-state index contributed by atoms with van der Waals surface area (Å²) in [6.45, 7) is 8.18. The standard InChI is InChI=1S/C16H23N5O3/c1-9-8-21(15(23)18-14(9)22)13-6-11(16(2,3)4)12(24-13)5-10-7-17-20-19-10/h7-8,11-13H,5-6H2,1-4H3,(H,17,19,20)(H,18,22,23)/t11-,12-,13-/m1/s1. The summed E-state index contributed by atoms with van der Waals surface area (Å²) >= 11 is 0. The molecular weight excluding hydrogens is 310 g/mol. The molecule has 8 nitrogen and oxygen atoms in total. The monoisotopic (exact) mass is 333 g/mol. The van der Waals surface area contributed by atoms with E-state index in [-0.39, 0.29) is 23.0 Å². The fourth-order valence-electron chi connectivity index (χ4n) is 3.33. The van der Waals surface area contributed by atoms with Crippen molar-refractivity contribution in [2.45, 2.75) is 52.9 Å². The molecule has 1 aliphatic rings. The molecule has 1 fully saturated rings. The molecule has 1 saturated heterocycles. The highest BCUT2D eigenvalue weighted by atomic mass is 16.5. The number of aromatic amines is 2. The highest BCUT2D eigenvalue weighted by Crippen LogP contribution is 2.44. The Kier molecular flexibility index (Phi) is 4.16. The zero-order chi connectivity index (χ0) is 17.5. The second-order valence-electron chi connectivity index (χ2n) is 7.48. The topological polar surface area (TPSA) is 106 Å². The lowest BCUT2D eigenvalue weighted by Crippen LogP contribution is -2.33. The third kappa shape index (κ3) is 3.19. The van der Waals surface area contributed by atoms with Crippen molar-refractivity contribution in [1.29, 1.82) is 0 Å². The quantitative estimate of drug-likeness (QED) is 0.876. The van der Waals surface area contributed by atoms with Crippen molar-refractivity contribution >= 4 is 0 Å². The number of nitrogens with one attached hydrogen (secondary N) is 2. The first-order valence-electron chi connectivity index (χ1n) is 8.08. The van der Waals surface area contributed by atoms with Gasteiger partial charge >= 0.3 is 5.69 Å². The van der Waals surface area contributed by atoms with Gasteiger partial charge in [-0.25, -0.2) is 4.79 Å². The molecule has 8 heteroatoms. The lowest BCUT2D eigenvalue weighted by molar-refractivity contribution is -0.0160. The van der Waals surface area contributed by atoms with Crippen molar-refractivity contribution in [1.82, 2.24) is 25.0 Å². The van der Waals surface area contributed by atoms with Crippen LogP contribution in [-0.2, 0) is 11.2 Å². The van der Waals surface area contributed by atoms with Gasteiger partial charge in [-0.3, -0.25) is 14.3 Å². The van der Waals surface area contributed by atoms with Crippen LogP contribution >= 0.6 is 0 Å². The molecule has 3 heterocycles. The van der Waals surface area contributed by atoms with E-state index in [1.807, 2.05) is 0 Å². The van der Waals surface area contributed by atoms with Crippen molar-refractivity contribution in [2.75, 3.05) is 0 Å². The SMILES string of the molecule is Cc1cn([C@H]2C[C@@H](C(C)(C)C)[C@@H](Cc3cn[nH]n3)O2)c(=O)[nH]c1=O. The molecular formula is C16H23N5O3. The van der Waals surface area contributed by atoms with Crippen molar-refractivity contribution in [3.63, 3.8) is 0 Å². The van der Waals surface area contributed by atoms with Crippen LogP contribution < -0.4 is 11.2 Å². The van der Waals surface area contributed by atoms with Crippen LogP contribution in [0.4, 0.5) is 0 Å². The van der Waals surface area contributed by atoms with E-state index in [0.717, 1.165) is 5.69 Å². The molecule has 0 radical (unpaired) electrons. The van der Waals surface area contributed by atoms with Gasteiger partial charge < -0.3 is 4.74 Å². The fraction of sp³-hybridized carbons (Fsp3) is 0.625. The lowest BCUT2D eigenvalue weighted by atomic mass is 9.75. The highest BCUT2D eigenvalue weighted by molar-refractivity contribution is 5.03. The maximum atomic E-state index is 12.2. The summed E-state index contributed by atoms with van der Waals surface area (Å²) in [5.74, 6) is 0.248. The van der Waals surface area contributed by atoms with Crippen molar-refractivity contribution in [3.8, 4) is 0 Å². The maximum Gasteiger partial charge on any atom is 0.330 e. The first-order chi connectivity index (χ1) is 11.3. The lowest BCUT2D eigenvalue weighted by Gasteiger charge is -2.30. The number of nitrogens with zero attached hydrogens (tertiary/aromatic N) is 3. The van der Waals surface area contributed by atoms with Gasteiger partial charge in [-0.2, -0.15) is 15.4 Å². The molecule has 3 atom stereocenters. The van der Waals surface area contributed by atoms with E-state index in [1.54, 1.807) is 19.3 Å². The van der Waals surface area contributed by atoms with E-state index < -0.39 is 11.9 Å². The Morgan fingerprint density at radius 3 is 2.75 bits per heavy atom. The minimum Gasteiger partial charge on any atom is -0.354 e. The van der Waals surface area contributed by atoms with Crippen LogP contribution in [0.15, 0.2) is 22.0 Å². The smallest absolute Gasteiger partial charge is 0.330 e. The number of aryl methyl sites for hydroxylation is 1. The molecule has 24 heavy (non-hydrogen) atoms. The van der Waals surface area contributed by atoms with Gasteiger partial charge in [-0.05, 0) is 24.7 Å². The Morgan fingerprint density at radius 2 is 2.12 bits per heavy atom.